The molecule has 0 radical (unpaired) electrons. The molecule has 0 fully saturated rings. The Balaban J connectivity index is 0.000000231. The summed E-state index contributed by atoms with van der Waals surface area (Å²) in [6.45, 7) is 10.7. The molecule has 2 nitrogen and oxygen atoms in total. The van der Waals surface area contributed by atoms with Gasteiger partial charge in [0, 0.05) is 12.9 Å². The predicted molar refractivity (Wildman–Crippen MR) is 228 cm³/mol. The van der Waals surface area contributed by atoms with E-state index < -0.39 is 7.92 Å². The van der Waals surface area contributed by atoms with E-state index in [4.69, 9.17) is 4.99 Å². The van der Waals surface area contributed by atoms with E-state index in [1.807, 2.05) is 49.4 Å². The van der Waals surface area contributed by atoms with Gasteiger partial charge in [0.15, 0.2) is 0 Å². The fourth-order valence-electron chi connectivity index (χ4n) is 5.22. The molecule has 0 saturated heterocycles. The van der Waals surface area contributed by atoms with Gasteiger partial charge in [0.25, 0.3) is 0 Å². The molecule has 6 aromatic rings. The van der Waals surface area contributed by atoms with Crippen LogP contribution in [0.4, 0.5) is 5.69 Å². The molecule has 0 amide bonds. The van der Waals surface area contributed by atoms with Gasteiger partial charge < -0.3 is 5.11 Å². The van der Waals surface area contributed by atoms with Crippen molar-refractivity contribution in [1.29, 1.82) is 0 Å². The molecule has 0 atom stereocenters. The normalized spacial score (nSPS) is 10.9. The van der Waals surface area contributed by atoms with Crippen molar-refractivity contribution in [1.82, 2.24) is 0 Å². The first kappa shape index (κ1) is 41.6. The van der Waals surface area contributed by atoms with Gasteiger partial charge in [-0.25, -0.2) is 0 Å². The van der Waals surface area contributed by atoms with Crippen LogP contribution in [0.2, 0.25) is 0 Å². The van der Waals surface area contributed by atoms with Crippen LogP contribution in [0.1, 0.15) is 63.1 Å². The standard InChI is InChI=1S/C20H23I2NO.C18H15P.C6H5.Ni/c1-11(2)15-7-6-8-16(12(3)4)19(15)23-13(5)17-9-14(21)10-18(22)20(17)24;1-4-10-16(11-5-1)19(17-12-6-2-7-13-17)18-14-8-3-9-15-18;1-2-4-6-5-3-1;/h6-12,24H,1-5H3;1-15H;1-5H;/q;;-1;+2/p-1. The summed E-state index contributed by atoms with van der Waals surface area (Å²) in [5, 5.41) is 16.7. The maximum Gasteiger partial charge on any atom is 2.00 e. The van der Waals surface area contributed by atoms with Crippen LogP contribution in [0.15, 0.2) is 157 Å². The first-order valence-electron chi connectivity index (χ1n) is 16.4. The van der Waals surface area contributed by atoms with Gasteiger partial charge in [0.2, 0.25) is 0 Å². The first-order valence-corrected chi connectivity index (χ1v) is 19.9. The Morgan fingerprint density at radius 2 is 1.04 bits per heavy atom. The molecule has 0 N–H and O–H groups in total. The van der Waals surface area contributed by atoms with Crippen molar-refractivity contribution in [3.8, 4) is 5.75 Å². The third-order valence-electron chi connectivity index (χ3n) is 7.67. The molecule has 0 bridgehead atoms. The van der Waals surface area contributed by atoms with Gasteiger partial charge in [-0.15, -0.1) is 0 Å². The van der Waals surface area contributed by atoms with E-state index in [0.717, 1.165) is 18.5 Å². The summed E-state index contributed by atoms with van der Waals surface area (Å²) in [7, 11) is -0.446. The minimum Gasteiger partial charge on any atom is -0.871 e. The SMILES string of the molecule is CC(=Nc1c(C(C)C)cccc1C(C)C)c1cc(I)cc(I)c1[O-].[Ni+2].[c-]1ccccc1.c1ccc(P(c2ccccc2)c2ccccc2)cc1. The molecule has 50 heavy (non-hydrogen) atoms. The van der Waals surface area contributed by atoms with E-state index in [9.17, 15) is 5.11 Å². The van der Waals surface area contributed by atoms with Crippen molar-refractivity contribution in [2.24, 2.45) is 4.99 Å². The van der Waals surface area contributed by atoms with Crippen molar-refractivity contribution in [2.45, 2.75) is 46.5 Å². The molecule has 0 aromatic heterocycles. The minimum absolute atomic E-state index is 0. The number of hydrogen-bond acceptors (Lipinski definition) is 2. The quantitative estimate of drug-likeness (QED) is 0.0516. The third-order valence-corrected chi connectivity index (χ3v) is 11.5. The summed E-state index contributed by atoms with van der Waals surface area (Å²) >= 11 is 4.35. The van der Waals surface area contributed by atoms with E-state index in [0.29, 0.717) is 17.4 Å². The van der Waals surface area contributed by atoms with Crippen LogP contribution >= 0.6 is 53.1 Å². The fourth-order valence-corrected chi connectivity index (χ4v) is 9.37. The molecule has 0 unspecified atom stereocenters. The van der Waals surface area contributed by atoms with E-state index in [1.165, 1.54) is 27.0 Å². The number of rotatable bonds is 7. The van der Waals surface area contributed by atoms with E-state index in [-0.39, 0.29) is 22.2 Å². The Hall–Kier alpha value is -2.83. The average Bonchev–Trinajstić information content (AvgIpc) is 3.12. The van der Waals surface area contributed by atoms with Gasteiger partial charge >= 0.3 is 16.5 Å². The zero-order chi connectivity index (χ0) is 35.2. The van der Waals surface area contributed by atoms with Gasteiger partial charge in [-0.3, -0.25) is 4.99 Å². The first-order chi connectivity index (χ1) is 23.7. The molecule has 0 spiro atoms. The van der Waals surface area contributed by atoms with Gasteiger partial charge in [0.05, 0.1) is 5.69 Å². The molecule has 0 aliphatic carbocycles. The van der Waals surface area contributed by atoms with Crippen LogP contribution in [0.25, 0.3) is 0 Å². The smallest absolute Gasteiger partial charge is 0.871 e. The van der Waals surface area contributed by atoms with Crippen LogP contribution in [0, 0.1) is 13.2 Å². The second-order valence-corrected chi connectivity index (χ2v) is 16.6. The second kappa shape index (κ2) is 21.5. The largest absolute Gasteiger partial charge is 2.00 e. The van der Waals surface area contributed by atoms with Crippen LogP contribution in [-0.4, -0.2) is 5.71 Å². The molecule has 0 saturated carbocycles. The molecule has 0 heterocycles. The van der Waals surface area contributed by atoms with Crippen molar-refractivity contribution in [2.75, 3.05) is 0 Å². The summed E-state index contributed by atoms with van der Waals surface area (Å²) in [6.07, 6.45) is 0. The Labute approximate surface area is 337 Å². The fraction of sp³-hybridized carbons (Fsp3) is 0.159. The van der Waals surface area contributed by atoms with Gasteiger partial charge in [-0.2, -0.15) is 36.4 Å². The molecule has 0 aliphatic rings. The molecule has 6 heteroatoms. The Bertz CT molecular complexity index is 1760. The average molecular weight is 944 g/mol. The van der Waals surface area contributed by atoms with Gasteiger partial charge in [0.1, 0.15) is 0 Å². The van der Waals surface area contributed by atoms with Crippen molar-refractivity contribution in [3.05, 3.63) is 182 Å². The van der Waals surface area contributed by atoms with E-state index in [2.05, 4.69) is 188 Å². The molecule has 258 valence electrons. The maximum absolute atomic E-state index is 12.5. The molecule has 0 aliphatic heterocycles. The molecule has 6 aromatic carbocycles. The second-order valence-electron chi connectivity index (χ2n) is 12.0. The minimum atomic E-state index is -0.446. The summed E-state index contributed by atoms with van der Waals surface area (Å²) < 4.78 is 1.80. The molecular weight excluding hydrogens is 902 g/mol. The third kappa shape index (κ3) is 12.2. The number of hydrogen-bond donors (Lipinski definition) is 0. The summed E-state index contributed by atoms with van der Waals surface area (Å²) in [5.74, 6) is 0.835. The van der Waals surface area contributed by atoms with Crippen LogP contribution in [-0.2, 0) is 16.5 Å². The zero-order valence-electron chi connectivity index (χ0n) is 29.0. The van der Waals surface area contributed by atoms with E-state index >= 15 is 0 Å². The summed E-state index contributed by atoms with van der Waals surface area (Å²) in [6, 6.07) is 55.0. The Kier molecular flexibility index (Phi) is 17.9. The molecular formula is C44H42I2NNiOP. The Morgan fingerprint density at radius 1 is 0.620 bits per heavy atom. The van der Waals surface area contributed by atoms with Gasteiger partial charge in [-0.1, -0.05) is 143 Å². The number of benzene rings is 6. The number of para-hydroxylation sites is 1. The number of halogens is 2. The monoisotopic (exact) mass is 943 g/mol. The summed E-state index contributed by atoms with van der Waals surface area (Å²) in [5.41, 5.74) is 4.96. The topological polar surface area (TPSA) is 35.4 Å². The van der Waals surface area contributed by atoms with Crippen LogP contribution in [0.5, 0.6) is 5.75 Å². The number of nitrogens with zero attached hydrogens (tertiary/aromatic N) is 1. The van der Waals surface area contributed by atoms with Gasteiger partial charge in [-0.05, 0) is 117 Å². The van der Waals surface area contributed by atoms with Crippen molar-refractivity contribution < 1.29 is 21.6 Å². The number of aliphatic imine (C=N–C) groups is 1. The summed E-state index contributed by atoms with van der Waals surface area (Å²) in [4.78, 5) is 4.92. The van der Waals surface area contributed by atoms with Crippen LogP contribution in [0.3, 0.4) is 0 Å². The van der Waals surface area contributed by atoms with Crippen molar-refractivity contribution >= 4 is 80.4 Å². The Morgan fingerprint density at radius 3 is 1.40 bits per heavy atom. The molecule has 6 rings (SSSR count). The predicted octanol–water partition coefficient (Wildman–Crippen LogP) is 11.3. The van der Waals surface area contributed by atoms with Crippen LogP contribution < -0.4 is 21.0 Å². The van der Waals surface area contributed by atoms with E-state index in [1.54, 1.807) is 0 Å². The maximum atomic E-state index is 12.5. The zero-order valence-corrected chi connectivity index (χ0v) is 35.2. The van der Waals surface area contributed by atoms with Crippen molar-refractivity contribution in [3.63, 3.8) is 0 Å².